The van der Waals surface area contributed by atoms with E-state index < -0.39 is 0 Å². The minimum absolute atomic E-state index is 0.226. The lowest BCUT2D eigenvalue weighted by Gasteiger charge is -2.26. The van der Waals surface area contributed by atoms with E-state index in [4.69, 9.17) is 0 Å². The Kier molecular flexibility index (Phi) is 7.15. The molecule has 0 aromatic carbocycles. The fourth-order valence-corrected chi connectivity index (χ4v) is 1.49. The molecule has 0 bridgehead atoms. The van der Waals surface area contributed by atoms with Crippen molar-refractivity contribution in [1.82, 2.24) is 9.80 Å². The van der Waals surface area contributed by atoms with Crippen molar-refractivity contribution in [2.75, 3.05) is 40.3 Å². The van der Waals surface area contributed by atoms with Crippen LogP contribution in [0.1, 0.15) is 20.8 Å². The van der Waals surface area contributed by atoms with Crippen molar-refractivity contribution < 1.29 is 5.11 Å². The van der Waals surface area contributed by atoms with Crippen LogP contribution < -0.4 is 0 Å². The van der Waals surface area contributed by atoms with E-state index in [0.717, 1.165) is 26.2 Å². The molecule has 0 aliphatic carbocycles. The van der Waals surface area contributed by atoms with Crippen molar-refractivity contribution in [3.05, 3.63) is 0 Å². The van der Waals surface area contributed by atoms with Crippen molar-refractivity contribution in [3.63, 3.8) is 0 Å². The van der Waals surface area contributed by atoms with E-state index in [2.05, 4.69) is 37.7 Å². The van der Waals surface area contributed by atoms with Gasteiger partial charge in [-0.3, -0.25) is 4.90 Å². The van der Waals surface area contributed by atoms with E-state index in [1.807, 2.05) is 6.92 Å². The zero-order valence-electron chi connectivity index (χ0n) is 10.3. The number of rotatable bonds is 7. The Morgan fingerprint density at radius 3 is 1.93 bits per heavy atom. The Labute approximate surface area is 88.7 Å². The van der Waals surface area contributed by atoms with Crippen LogP contribution in [-0.4, -0.2) is 61.3 Å². The number of aliphatic hydroxyl groups is 1. The van der Waals surface area contributed by atoms with Crippen molar-refractivity contribution in [1.29, 1.82) is 0 Å². The summed E-state index contributed by atoms with van der Waals surface area (Å²) in [6.45, 7) is 10.2. The summed E-state index contributed by atoms with van der Waals surface area (Å²) in [6, 6.07) is 0. The number of hydrogen-bond acceptors (Lipinski definition) is 3. The van der Waals surface area contributed by atoms with Gasteiger partial charge in [0.15, 0.2) is 0 Å². The van der Waals surface area contributed by atoms with Gasteiger partial charge in [-0.1, -0.05) is 13.8 Å². The number of likely N-dealkylation sites (N-methyl/N-ethyl adjacent to an activating group) is 1. The maximum Gasteiger partial charge on any atom is 0.0639 e. The van der Waals surface area contributed by atoms with Gasteiger partial charge in [0.05, 0.1) is 6.10 Å². The smallest absolute Gasteiger partial charge is 0.0639 e. The molecule has 3 heteroatoms. The molecule has 1 N–H and O–H groups in total. The zero-order valence-corrected chi connectivity index (χ0v) is 10.3. The molecule has 0 fully saturated rings. The fourth-order valence-electron chi connectivity index (χ4n) is 1.49. The molecule has 0 rings (SSSR count). The molecule has 0 saturated heterocycles. The molecule has 0 aliphatic heterocycles. The van der Waals surface area contributed by atoms with Gasteiger partial charge in [-0.2, -0.15) is 0 Å². The largest absolute Gasteiger partial charge is 0.392 e. The molecule has 0 aliphatic rings. The van der Waals surface area contributed by atoms with Crippen molar-refractivity contribution in [2.45, 2.75) is 26.9 Å². The van der Waals surface area contributed by atoms with Gasteiger partial charge >= 0.3 is 0 Å². The molecule has 0 amide bonds. The lowest BCUT2D eigenvalue weighted by molar-refractivity contribution is 0.113. The molecule has 14 heavy (non-hydrogen) atoms. The van der Waals surface area contributed by atoms with Crippen LogP contribution in [0.25, 0.3) is 0 Å². The lowest BCUT2D eigenvalue weighted by atomic mass is 10.2. The quantitative estimate of drug-likeness (QED) is 0.664. The third-order valence-electron chi connectivity index (χ3n) is 2.01. The second-order valence-corrected chi connectivity index (χ2v) is 4.81. The third-order valence-corrected chi connectivity index (χ3v) is 2.01. The van der Waals surface area contributed by atoms with E-state index >= 15 is 0 Å². The molecule has 0 heterocycles. The van der Waals surface area contributed by atoms with Crippen molar-refractivity contribution >= 4 is 0 Å². The molecule has 0 unspecified atom stereocenters. The van der Waals surface area contributed by atoms with Crippen LogP contribution in [0.3, 0.4) is 0 Å². The SMILES string of the molecule is CC(C)CN(CCN(C)C)C[C@@H](C)O. The minimum Gasteiger partial charge on any atom is -0.392 e. The van der Waals surface area contributed by atoms with Crippen molar-refractivity contribution in [3.8, 4) is 0 Å². The average Bonchev–Trinajstić information content (AvgIpc) is 1.97. The summed E-state index contributed by atoms with van der Waals surface area (Å²) < 4.78 is 0. The summed E-state index contributed by atoms with van der Waals surface area (Å²) in [5, 5.41) is 9.35. The highest BCUT2D eigenvalue weighted by atomic mass is 16.3. The first kappa shape index (κ1) is 13.9. The highest BCUT2D eigenvalue weighted by Crippen LogP contribution is 2.00. The Hall–Kier alpha value is -0.120. The monoisotopic (exact) mass is 202 g/mol. The normalized spacial score (nSPS) is 14.4. The third kappa shape index (κ3) is 8.48. The van der Waals surface area contributed by atoms with E-state index in [0.29, 0.717) is 5.92 Å². The highest BCUT2D eigenvalue weighted by molar-refractivity contribution is 4.64. The van der Waals surface area contributed by atoms with Gasteiger partial charge in [-0.15, -0.1) is 0 Å². The molecule has 0 spiro atoms. The molecular formula is C11H26N2O. The van der Waals surface area contributed by atoms with Gasteiger partial charge in [0, 0.05) is 26.2 Å². The summed E-state index contributed by atoms with van der Waals surface area (Å²) in [7, 11) is 4.16. The minimum atomic E-state index is -0.226. The topological polar surface area (TPSA) is 26.7 Å². The molecule has 0 saturated carbocycles. The number of hydrogen-bond donors (Lipinski definition) is 1. The number of aliphatic hydroxyl groups excluding tert-OH is 1. The van der Waals surface area contributed by atoms with Gasteiger partial charge in [0.2, 0.25) is 0 Å². The Balaban J connectivity index is 3.84. The van der Waals surface area contributed by atoms with Gasteiger partial charge in [-0.25, -0.2) is 0 Å². The number of nitrogens with zero attached hydrogens (tertiary/aromatic N) is 2. The molecule has 0 radical (unpaired) electrons. The maximum atomic E-state index is 9.35. The first-order chi connectivity index (χ1) is 6.41. The second kappa shape index (κ2) is 7.21. The fraction of sp³-hybridized carbons (Fsp3) is 1.00. The van der Waals surface area contributed by atoms with Crippen LogP contribution in [-0.2, 0) is 0 Å². The summed E-state index contributed by atoms with van der Waals surface area (Å²) in [6.07, 6.45) is -0.226. The summed E-state index contributed by atoms with van der Waals surface area (Å²) in [5.74, 6) is 0.663. The Morgan fingerprint density at radius 1 is 1.00 bits per heavy atom. The predicted octanol–water partition coefficient (Wildman–Crippen LogP) is 0.887. The maximum absolute atomic E-state index is 9.35. The van der Waals surface area contributed by atoms with Gasteiger partial charge in [0.1, 0.15) is 0 Å². The molecule has 0 aromatic rings. The van der Waals surface area contributed by atoms with Gasteiger partial charge in [-0.05, 0) is 26.9 Å². The van der Waals surface area contributed by atoms with Crippen LogP contribution in [0.5, 0.6) is 0 Å². The highest BCUT2D eigenvalue weighted by Gasteiger charge is 2.09. The molecular weight excluding hydrogens is 176 g/mol. The van der Waals surface area contributed by atoms with Crippen molar-refractivity contribution in [2.24, 2.45) is 5.92 Å². The molecule has 0 aromatic heterocycles. The van der Waals surface area contributed by atoms with Gasteiger partial charge < -0.3 is 10.0 Å². The van der Waals surface area contributed by atoms with Crippen LogP contribution in [0.2, 0.25) is 0 Å². The zero-order chi connectivity index (χ0) is 11.1. The summed E-state index contributed by atoms with van der Waals surface area (Å²) >= 11 is 0. The van der Waals surface area contributed by atoms with E-state index in [9.17, 15) is 5.11 Å². The van der Waals surface area contributed by atoms with Crippen LogP contribution in [0.15, 0.2) is 0 Å². The molecule has 3 nitrogen and oxygen atoms in total. The lowest BCUT2D eigenvalue weighted by Crippen LogP contribution is -2.38. The van der Waals surface area contributed by atoms with Crippen LogP contribution in [0, 0.1) is 5.92 Å². The summed E-state index contributed by atoms with van der Waals surface area (Å²) in [4.78, 5) is 4.50. The Morgan fingerprint density at radius 2 is 1.57 bits per heavy atom. The van der Waals surface area contributed by atoms with Crippen LogP contribution in [0.4, 0.5) is 0 Å². The first-order valence-electron chi connectivity index (χ1n) is 5.47. The van der Waals surface area contributed by atoms with Crippen LogP contribution >= 0.6 is 0 Å². The summed E-state index contributed by atoms with van der Waals surface area (Å²) in [5.41, 5.74) is 0. The second-order valence-electron chi connectivity index (χ2n) is 4.81. The van der Waals surface area contributed by atoms with Gasteiger partial charge in [0.25, 0.3) is 0 Å². The standard InChI is InChI=1S/C11H26N2O/c1-10(2)8-13(9-11(3)14)7-6-12(4)5/h10-11,14H,6-9H2,1-5H3/t11-/m1/s1. The predicted molar refractivity (Wildman–Crippen MR) is 61.5 cm³/mol. The molecule has 86 valence electrons. The first-order valence-corrected chi connectivity index (χ1v) is 5.47. The average molecular weight is 202 g/mol. The molecule has 1 atom stereocenters. The Bertz CT molecular complexity index is 125. The van der Waals surface area contributed by atoms with E-state index in [1.165, 1.54) is 0 Å². The van der Waals surface area contributed by atoms with E-state index in [1.54, 1.807) is 0 Å². The van der Waals surface area contributed by atoms with E-state index in [-0.39, 0.29) is 6.10 Å².